The van der Waals surface area contributed by atoms with Crippen molar-refractivity contribution >= 4 is 21.9 Å². The minimum atomic E-state index is 0.940. The molecule has 0 radical (unpaired) electrons. The lowest BCUT2D eigenvalue weighted by molar-refractivity contribution is 0.669. The molecule has 0 aliphatic rings. The molecule has 0 bridgehead atoms. The van der Waals surface area contributed by atoms with E-state index in [2.05, 4.69) is 99.6 Å². The Morgan fingerprint density at radius 3 is 2.00 bits per heavy atom. The summed E-state index contributed by atoms with van der Waals surface area (Å²) in [5.74, 6) is 0. The molecule has 136 valence electrons. The molecule has 1 aromatic heterocycles. The van der Waals surface area contributed by atoms with Crippen LogP contribution in [0, 0.1) is 20.8 Å². The first-order valence-electron chi connectivity index (χ1n) is 9.70. The Labute approximate surface area is 165 Å². The third-order valence-corrected chi connectivity index (χ3v) is 5.63. The summed E-state index contributed by atoms with van der Waals surface area (Å²) in [7, 11) is 0. The van der Waals surface area contributed by atoms with Crippen molar-refractivity contribution < 1.29 is 4.42 Å². The molecular weight excluding hydrogens is 340 g/mol. The van der Waals surface area contributed by atoms with E-state index < -0.39 is 0 Å². The predicted molar refractivity (Wildman–Crippen MR) is 119 cm³/mol. The Kier molecular flexibility index (Phi) is 3.84. The summed E-state index contributed by atoms with van der Waals surface area (Å²) in [6.07, 6.45) is 0. The monoisotopic (exact) mass is 362 g/mol. The average molecular weight is 362 g/mol. The second-order valence-corrected chi connectivity index (χ2v) is 7.66. The fourth-order valence-electron chi connectivity index (χ4n) is 4.04. The highest BCUT2D eigenvalue weighted by Gasteiger charge is 2.11. The van der Waals surface area contributed by atoms with Crippen LogP contribution < -0.4 is 0 Å². The van der Waals surface area contributed by atoms with E-state index in [1.54, 1.807) is 0 Å². The van der Waals surface area contributed by atoms with Crippen LogP contribution in [0.1, 0.15) is 16.7 Å². The Balaban J connectivity index is 1.70. The maximum Gasteiger partial charge on any atom is 0.135 e. The number of aryl methyl sites for hydroxylation is 3. The minimum Gasteiger partial charge on any atom is -0.456 e. The molecule has 0 saturated heterocycles. The van der Waals surface area contributed by atoms with Gasteiger partial charge < -0.3 is 4.42 Å². The molecule has 0 spiro atoms. The van der Waals surface area contributed by atoms with E-state index in [1.165, 1.54) is 49.7 Å². The Morgan fingerprint density at radius 1 is 0.536 bits per heavy atom. The number of fused-ring (bicyclic) bond motifs is 3. The smallest absolute Gasteiger partial charge is 0.135 e. The van der Waals surface area contributed by atoms with Gasteiger partial charge in [0.15, 0.2) is 0 Å². The zero-order chi connectivity index (χ0) is 19.3. The molecule has 28 heavy (non-hydrogen) atoms. The number of hydrogen-bond donors (Lipinski definition) is 0. The average Bonchev–Trinajstić information content (AvgIpc) is 3.06. The van der Waals surface area contributed by atoms with Crippen molar-refractivity contribution in [2.75, 3.05) is 0 Å². The van der Waals surface area contributed by atoms with Gasteiger partial charge >= 0.3 is 0 Å². The van der Waals surface area contributed by atoms with E-state index in [9.17, 15) is 0 Å². The van der Waals surface area contributed by atoms with Crippen molar-refractivity contribution in [2.45, 2.75) is 20.8 Å². The normalized spacial score (nSPS) is 11.4. The van der Waals surface area contributed by atoms with Crippen LogP contribution in [0.15, 0.2) is 83.3 Å². The quantitative estimate of drug-likeness (QED) is 0.312. The lowest BCUT2D eigenvalue weighted by Crippen LogP contribution is -1.88. The predicted octanol–water partition coefficient (Wildman–Crippen LogP) is 7.85. The Morgan fingerprint density at radius 2 is 1.18 bits per heavy atom. The van der Waals surface area contributed by atoms with Crippen LogP contribution in [-0.2, 0) is 0 Å². The number of benzene rings is 4. The standard InChI is InChI=1S/C27H22O/c1-17-8-12-26-24(14-17)25-16-21(11-13-27(25)28-26)20-10-9-19(3)23(15-20)22-7-5-4-6-18(22)2/h4-16H,1-3H3. The fraction of sp³-hybridized carbons (Fsp3) is 0.111. The van der Waals surface area contributed by atoms with E-state index in [-0.39, 0.29) is 0 Å². The van der Waals surface area contributed by atoms with Gasteiger partial charge in [0.1, 0.15) is 11.2 Å². The lowest BCUT2D eigenvalue weighted by atomic mass is 9.92. The molecule has 0 unspecified atom stereocenters. The van der Waals surface area contributed by atoms with Gasteiger partial charge in [0, 0.05) is 10.8 Å². The summed E-state index contributed by atoms with van der Waals surface area (Å²) in [5.41, 5.74) is 10.8. The van der Waals surface area contributed by atoms with Crippen molar-refractivity contribution in [3.63, 3.8) is 0 Å². The van der Waals surface area contributed by atoms with E-state index in [1.807, 2.05) is 0 Å². The van der Waals surface area contributed by atoms with Crippen molar-refractivity contribution in [1.29, 1.82) is 0 Å². The summed E-state index contributed by atoms with van der Waals surface area (Å²) in [5, 5.41) is 2.36. The molecule has 0 amide bonds. The molecule has 5 aromatic rings. The first kappa shape index (κ1) is 16.8. The van der Waals surface area contributed by atoms with Gasteiger partial charge in [0.05, 0.1) is 0 Å². The van der Waals surface area contributed by atoms with Crippen LogP contribution in [0.25, 0.3) is 44.2 Å². The second-order valence-electron chi connectivity index (χ2n) is 7.66. The fourth-order valence-corrected chi connectivity index (χ4v) is 4.04. The van der Waals surface area contributed by atoms with Crippen LogP contribution in [0.2, 0.25) is 0 Å². The third kappa shape index (κ3) is 2.71. The van der Waals surface area contributed by atoms with E-state index in [4.69, 9.17) is 4.42 Å². The van der Waals surface area contributed by atoms with Crippen LogP contribution >= 0.6 is 0 Å². The van der Waals surface area contributed by atoms with E-state index >= 15 is 0 Å². The van der Waals surface area contributed by atoms with Gasteiger partial charge in [-0.05, 0) is 84.5 Å². The molecule has 0 saturated carbocycles. The molecular formula is C27H22O. The van der Waals surface area contributed by atoms with Gasteiger partial charge in [0.25, 0.3) is 0 Å². The highest BCUT2D eigenvalue weighted by Crippen LogP contribution is 2.35. The first-order chi connectivity index (χ1) is 13.6. The zero-order valence-corrected chi connectivity index (χ0v) is 16.4. The van der Waals surface area contributed by atoms with Crippen LogP contribution in [0.3, 0.4) is 0 Å². The van der Waals surface area contributed by atoms with E-state index in [0.29, 0.717) is 0 Å². The summed E-state index contributed by atoms with van der Waals surface area (Å²) in [6, 6.07) is 28.2. The van der Waals surface area contributed by atoms with Crippen molar-refractivity contribution in [3.8, 4) is 22.3 Å². The molecule has 0 aliphatic heterocycles. The highest BCUT2D eigenvalue weighted by atomic mass is 16.3. The maximum atomic E-state index is 6.03. The van der Waals surface area contributed by atoms with Gasteiger partial charge in [-0.2, -0.15) is 0 Å². The van der Waals surface area contributed by atoms with Gasteiger partial charge in [0.2, 0.25) is 0 Å². The molecule has 1 heterocycles. The van der Waals surface area contributed by atoms with Crippen molar-refractivity contribution in [1.82, 2.24) is 0 Å². The molecule has 0 N–H and O–H groups in total. The molecule has 5 rings (SSSR count). The van der Waals surface area contributed by atoms with Gasteiger partial charge in [-0.3, -0.25) is 0 Å². The molecule has 4 aromatic carbocycles. The number of furan rings is 1. The van der Waals surface area contributed by atoms with Crippen molar-refractivity contribution in [3.05, 3.63) is 95.6 Å². The number of hydrogen-bond acceptors (Lipinski definition) is 1. The SMILES string of the molecule is Cc1ccc2oc3ccc(-c4ccc(C)c(-c5ccccc5C)c4)cc3c2c1. The van der Waals surface area contributed by atoms with Crippen molar-refractivity contribution in [2.24, 2.45) is 0 Å². The van der Waals surface area contributed by atoms with Crippen LogP contribution in [-0.4, -0.2) is 0 Å². The molecule has 1 nitrogen and oxygen atoms in total. The largest absolute Gasteiger partial charge is 0.456 e. The first-order valence-corrected chi connectivity index (χ1v) is 9.70. The maximum absolute atomic E-state index is 6.03. The number of rotatable bonds is 2. The van der Waals surface area contributed by atoms with Gasteiger partial charge in [-0.15, -0.1) is 0 Å². The van der Waals surface area contributed by atoms with E-state index in [0.717, 1.165) is 11.2 Å². The molecule has 0 fully saturated rings. The molecule has 0 atom stereocenters. The summed E-state index contributed by atoms with van der Waals surface area (Å²) in [6.45, 7) is 6.48. The summed E-state index contributed by atoms with van der Waals surface area (Å²) < 4.78 is 6.03. The van der Waals surface area contributed by atoms with Gasteiger partial charge in [-0.25, -0.2) is 0 Å². The third-order valence-electron chi connectivity index (χ3n) is 5.63. The topological polar surface area (TPSA) is 13.1 Å². The minimum absolute atomic E-state index is 0.940. The Hall–Kier alpha value is -3.32. The van der Waals surface area contributed by atoms with Gasteiger partial charge in [-0.1, -0.05) is 54.1 Å². The highest BCUT2D eigenvalue weighted by molar-refractivity contribution is 6.06. The summed E-state index contributed by atoms with van der Waals surface area (Å²) in [4.78, 5) is 0. The zero-order valence-electron chi connectivity index (χ0n) is 16.4. The lowest BCUT2D eigenvalue weighted by Gasteiger charge is -2.12. The van der Waals surface area contributed by atoms with Crippen LogP contribution in [0.4, 0.5) is 0 Å². The summed E-state index contributed by atoms with van der Waals surface area (Å²) >= 11 is 0. The van der Waals surface area contributed by atoms with Crippen LogP contribution in [0.5, 0.6) is 0 Å². The molecule has 1 heteroatoms. The Bertz CT molecular complexity index is 1340. The molecule has 0 aliphatic carbocycles. The second kappa shape index (κ2) is 6.38.